The van der Waals surface area contributed by atoms with Gasteiger partial charge in [-0.3, -0.25) is 0 Å². The first-order valence-electron chi connectivity index (χ1n) is 6.14. The molecule has 0 aliphatic heterocycles. The second-order valence-electron chi connectivity index (χ2n) is 3.65. The van der Waals surface area contributed by atoms with Crippen molar-refractivity contribution in [3.63, 3.8) is 0 Å². The van der Waals surface area contributed by atoms with Crippen LogP contribution in [0.15, 0.2) is 21.9 Å². The first-order chi connectivity index (χ1) is 9.02. The van der Waals surface area contributed by atoms with Crippen LogP contribution in [0.2, 0.25) is 0 Å². The summed E-state index contributed by atoms with van der Waals surface area (Å²) in [6.07, 6.45) is 3.31. The Morgan fingerprint density at radius 1 is 1.21 bits per heavy atom. The van der Waals surface area contributed by atoms with Crippen LogP contribution in [0.25, 0.3) is 0 Å². The minimum atomic E-state index is -0.535. The summed E-state index contributed by atoms with van der Waals surface area (Å²) in [5.41, 5.74) is 0.181. The summed E-state index contributed by atoms with van der Waals surface area (Å²) in [4.78, 5) is 11.7. The number of rotatable bonds is 9. The molecule has 6 heteroatoms. The van der Waals surface area contributed by atoms with Crippen molar-refractivity contribution in [2.45, 2.75) is 33.6 Å². The minimum absolute atomic E-state index is 0.0436. The Labute approximate surface area is 124 Å². The highest BCUT2D eigenvalue weighted by Crippen LogP contribution is 2.16. The molecule has 0 aliphatic rings. The third-order valence-corrected chi connectivity index (χ3v) is 2.35. The molecule has 0 fully saturated rings. The summed E-state index contributed by atoms with van der Waals surface area (Å²) in [6, 6.07) is 0. The predicted octanol–water partition coefficient (Wildman–Crippen LogP) is 3.93. The molecule has 0 bridgehead atoms. The molecule has 0 aromatic carbocycles. The van der Waals surface area contributed by atoms with Gasteiger partial charge in [0.25, 0.3) is 0 Å². The van der Waals surface area contributed by atoms with E-state index in [9.17, 15) is 4.79 Å². The van der Waals surface area contributed by atoms with Crippen molar-refractivity contribution in [2.75, 3.05) is 20.0 Å². The Bertz CT molecular complexity index is 334. The largest absolute Gasteiger partial charge is 0.471 e. The molecular weight excluding hydrogens is 291 g/mol. The molecule has 110 valence electrons. The summed E-state index contributed by atoms with van der Waals surface area (Å²) >= 11 is 11.1. The van der Waals surface area contributed by atoms with E-state index in [2.05, 4.69) is 6.92 Å². The number of esters is 1. The van der Waals surface area contributed by atoms with E-state index in [1.54, 1.807) is 13.8 Å². The van der Waals surface area contributed by atoms with E-state index in [0.29, 0.717) is 12.4 Å². The summed E-state index contributed by atoms with van der Waals surface area (Å²) in [5.74, 6) is -0.180. The van der Waals surface area contributed by atoms with E-state index >= 15 is 0 Å². The van der Waals surface area contributed by atoms with Crippen LogP contribution in [-0.2, 0) is 19.0 Å². The zero-order chi connectivity index (χ0) is 14.7. The van der Waals surface area contributed by atoms with E-state index in [0.717, 1.165) is 12.8 Å². The van der Waals surface area contributed by atoms with E-state index in [-0.39, 0.29) is 23.5 Å². The fourth-order valence-corrected chi connectivity index (χ4v) is 1.35. The van der Waals surface area contributed by atoms with Gasteiger partial charge in [0.2, 0.25) is 0 Å². The highest BCUT2D eigenvalue weighted by atomic mass is 35.5. The number of allylic oxidation sites excluding steroid dienone is 1. The lowest BCUT2D eigenvalue weighted by Gasteiger charge is -2.10. The van der Waals surface area contributed by atoms with Crippen molar-refractivity contribution in [3.8, 4) is 0 Å². The van der Waals surface area contributed by atoms with Crippen LogP contribution in [0.3, 0.4) is 0 Å². The van der Waals surface area contributed by atoms with Crippen molar-refractivity contribution in [1.29, 1.82) is 0 Å². The van der Waals surface area contributed by atoms with Gasteiger partial charge < -0.3 is 14.2 Å². The van der Waals surface area contributed by atoms with Gasteiger partial charge in [-0.15, -0.1) is 0 Å². The molecular formula is C13H20Cl2O4. The molecule has 0 aromatic heterocycles. The first-order valence-corrected chi connectivity index (χ1v) is 6.89. The van der Waals surface area contributed by atoms with Gasteiger partial charge in [0.1, 0.15) is 10.3 Å². The summed E-state index contributed by atoms with van der Waals surface area (Å²) < 4.78 is 15.4. The molecule has 0 unspecified atom stereocenters. The number of hydrogen-bond donors (Lipinski definition) is 0. The fourth-order valence-electron chi connectivity index (χ4n) is 1.14. The molecule has 0 rings (SSSR count). The molecule has 0 aromatic rings. The Kier molecular flexibility index (Phi) is 10.7. The van der Waals surface area contributed by atoms with Crippen molar-refractivity contribution in [3.05, 3.63) is 21.9 Å². The van der Waals surface area contributed by atoms with Crippen molar-refractivity contribution in [2.24, 2.45) is 0 Å². The van der Waals surface area contributed by atoms with Crippen LogP contribution in [0.1, 0.15) is 33.6 Å². The van der Waals surface area contributed by atoms with Crippen LogP contribution in [0.4, 0.5) is 0 Å². The lowest BCUT2D eigenvalue weighted by atomic mass is 10.2. The quantitative estimate of drug-likeness (QED) is 0.162. The maximum Gasteiger partial charge on any atom is 0.341 e. The Morgan fingerprint density at radius 2 is 1.89 bits per heavy atom. The van der Waals surface area contributed by atoms with Gasteiger partial charge >= 0.3 is 5.97 Å². The monoisotopic (exact) mass is 310 g/mol. The fraction of sp³-hybridized carbons (Fsp3) is 0.615. The van der Waals surface area contributed by atoms with Gasteiger partial charge in [-0.25, -0.2) is 4.79 Å². The molecule has 0 saturated heterocycles. The van der Waals surface area contributed by atoms with E-state index < -0.39 is 5.97 Å². The SMILES string of the molecule is CCCCOCO/C(C)=C(/C=C(Cl)Cl)C(=O)OCC. The molecule has 0 atom stereocenters. The number of carbonyl (C=O) groups is 1. The molecule has 4 nitrogen and oxygen atoms in total. The summed E-state index contributed by atoms with van der Waals surface area (Å²) in [6.45, 7) is 6.36. The second-order valence-corrected chi connectivity index (χ2v) is 4.66. The second kappa shape index (κ2) is 11.1. The number of carbonyl (C=O) groups excluding carboxylic acids is 1. The van der Waals surface area contributed by atoms with Crippen LogP contribution in [0.5, 0.6) is 0 Å². The smallest absolute Gasteiger partial charge is 0.341 e. The van der Waals surface area contributed by atoms with Gasteiger partial charge in [0, 0.05) is 0 Å². The van der Waals surface area contributed by atoms with Crippen LogP contribution >= 0.6 is 23.2 Å². The topological polar surface area (TPSA) is 44.8 Å². The average molecular weight is 311 g/mol. The molecule has 0 amide bonds. The zero-order valence-corrected chi connectivity index (χ0v) is 13.0. The maximum absolute atomic E-state index is 11.7. The normalized spacial score (nSPS) is 11.6. The number of halogens is 2. The van der Waals surface area contributed by atoms with Crippen LogP contribution in [-0.4, -0.2) is 26.0 Å². The predicted molar refractivity (Wildman–Crippen MR) is 75.9 cm³/mol. The van der Waals surface area contributed by atoms with E-state index in [4.69, 9.17) is 37.4 Å². The van der Waals surface area contributed by atoms with Crippen molar-refractivity contribution < 1.29 is 19.0 Å². The van der Waals surface area contributed by atoms with Gasteiger partial charge in [-0.05, 0) is 26.3 Å². The lowest BCUT2D eigenvalue weighted by Crippen LogP contribution is -2.10. The minimum Gasteiger partial charge on any atom is -0.471 e. The van der Waals surface area contributed by atoms with Gasteiger partial charge in [0.05, 0.1) is 18.8 Å². The Morgan fingerprint density at radius 3 is 2.42 bits per heavy atom. The Hall–Kier alpha value is -0.710. The lowest BCUT2D eigenvalue weighted by molar-refractivity contribution is -0.138. The molecule has 0 N–H and O–H groups in total. The molecule has 0 saturated carbocycles. The van der Waals surface area contributed by atoms with Crippen LogP contribution in [0, 0.1) is 0 Å². The highest BCUT2D eigenvalue weighted by molar-refractivity contribution is 6.56. The summed E-state index contributed by atoms with van der Waals surface area (Å²) in [7, 11) is 0. The number of hydrogen-bond acceptors (Lipinski definition) is 4. The molecule has 0 aliphatic carbocycles. The van der Waals surface area contributed by atoms with E-state index in [1.807, 2.05) is 0 Å². The third kappa shape index (κ3) is 8.92. The molecule has 0 radical (unpaired) electrons. The zero-order valence-electron chi connectivity index (χ0n) is 11.5. The summed E-state index contributed by atoms with van der Waals surface area (Å²) in [5, 5.41) is 0. The maximum atomic E-state index is 11.7. The number of ether oxygens (including phenoxy) is 3. The first kappa shape index (κ1) is 18.3. The third-order valence-electron chi connectivity index (χ3n) is 2.13. The van der Waals surface area contributed by atoms with Gasteiger partial charge in [-0.2, -0.15) is 0 Å². The van der Waals surface area contributed by atoms with Gasteiger partial charge in [-0.1, -0.05) is 36.5 Å². The molecule has 19 heavy (non-hydrogen) atoms. The van der Waals surface area contributed by atoms with E-state index in [1.165, 1.54) is 6.08 Å². The standard InChI is InChI=1S/C13H20Cl2O4/c1-4-6-7-17-9-19-10(3)11(8-12(14)15)13(16)18-5-2/h8H,4-7,9H2,1-3H3/b11-10-. The van der Waals surface area contributed by atoms with Crippen molar-refractivity contribution in [1.82, 2.24) is 0 Å². The highest BCUT2D eigenvalue weighted by Gasteiger charge is 2.13. The Balaban J connectivity index is 4.56. The van der Waals surface area contributed by atoms with Crippen molar-refractivity contribution >= 4 is 29.2 Å². The molecule has 0 heterocycles. The molecule has 0 spiro atoms. The number of unbranched alkanes of at least 4 members (excludes halogenated alkanes) is 1. The average Bonchev–Trinajstić information content (AvgIpc) is 2.35. The van der Waals surface area contributed by atoms with Crippen LogP contribution < -0.4 is 0 Å². The van der Waals surface area contributed by atoms with Gasteiger partial charge in [0.15, 0.2) is 6.79 Å².